The number of halogens is 6. The summed E-state index contributed by atoms with van der Waals surface area (Å²) in [4.78, 5) is 0. The van der Waals surface area contributed by atoms with Crippen LogP contribution in [0.15, 0.2) is 23.2 Å². The van der Waals surface area contributed by atoms with E-state index in [4.69, 9.17) is 11.6 Å². The molecule has 0 aliphatic carbocycles. The Bertz CT molecular complexity index is 150. The van der Waals surface area contributed by atoms with Crippen LogP contribution in [0.1, 0.15) is 0 Å². The molecular formula is C6H6Cl2F4. The van der Waals surface area contributed by atoms with E-state index in [0.29, 0.717) is 0 Å². The van der Waals surface area contributed by atoms with Gasteiger partial charge in [-0.25, -0.2) is 4.39 Å². The van der Waals surface area contributed by atoms with Gasteiger partial charge >= 0.3 is 6.18 Å². The maximum Gasteiger partial charge on any atom is 0.426 e. The number of alkyl halides is 4. The lowest BCUT2D eigenvalue weighted by Gasteiger charge is -1.98. The second kappa shape index (κ2) is 7.43. The zero-order valence-electron chi connectivity index (χ0n) is 5.84. The first-order valence-corrected chi connectivity index (χ1v) is 3.40. The van der Waals surface area contributed by atoms with Crippen molar-refractivity contribution in [2.75, 3.05) is 6.67 Å². The van der Waals surface area contributed by atoms with Crippen LogP contribution in [0.5, 0.6) is 0 Å². The summed E-state index contributed by atoms with van der Waals surface area (Å²) in [5.41, 5.74) is 1.15. The minimum absolute atomic E-state index is 0.469. The Hall–Kier alpha value is -0.220. The standard InChI is InChI=1S/C3H2ClF3.C3H4ClF/c1-2(4)3(5,6)7;4-2-1-3-5/h1H2;1-2H,3H2. The summed E-state index contributed by atoms with van der Waals surface area (Å²) < 4.78 is 43.7. The zero-order chi connectivity index (χ0) is 10.2. The highest BCUT2D eigenvalue weighted by molar-refractivity contribution is 6.30. The average Bonchev–Trinajstić information content (AvgIpc) is 1.88. The van der Waals surface area contributed by atoms with Crippen molar-refractivity contribution in [3.63, 3.8) is 0 Å². The maximum atomic E-state index is 10.9. The first-order chi connectivity index (χ1) is 5.36. The molecule has 0 atom stereocenters. The third kappa shape index (κ3) is 12.5. The first-order valence-electron chi connectivity index (χ1n) is 2.59. The molecule has 0 aromatic carbocycles. The molecule has 0 N–H and O–H groups in total. The van der Waals surface area contributed by atoms with Gasteiger partial charge in [-0.3, -0.25) is 0 Å². The molecular weight excluding hydrogens is 219 g/mol. The molecule has 0 heterocycles. The minimum Gasteiger partial charge on any atom is -0.247 e. The Labute approximate surface area is 77.5 Å². The molecule has 0 radical (unpaired) electrons. The molecule has 0 bridgehead atoms. The third-order valence-corrected chi connectivity index (χ3v) is 0.878. The predicted molar refractivity (Wildman–Crippen MR) is 42.0 cm³/mol. The monoisotopic (exact) mass is 224 g/mol. The zero-order valence-corrected chi connectivity index (χ0v) is 7.35. The van der Waals surface area contributed by atoms with E-state index >= 15 is 0 Å². The quantitative estimate of drug-likeness (QED) is 0.591. The van der Waals surface area contributed by atoms with Crippen molar-refractivity contribution >= 4 is 23.2 Å². The SMILES string of the molecule is C=C(Cl)C(F)(F)F.FCC=CCl. The number of rotatable bonds is 1. The van der Waals surface area contributed by atoms with E-state index in [1.54, 1.807) is 0 Å². The van der Waals surface area contributed by atoms with Crippen molar-refractivity contribution < 1.29 is 17.6 Å². The molecule has 0 saturated carbocycles. The lowest BCUT2D eigenvalue weighted by molar-refractivity contribution is -0.0841. The van der Waals surface area contributed by atoms with Crippen LogP contribution in [-0.4, -0.2) is 12.9 Å². The van der Waals surface area contributed by atoms with Crippen molar-refractivity contribution in [3.05, 3.63) is 23.2 Å². The van der Waals surface area contributed by atoms with Gasteiger partial charge < -0.3 is 0 Å². The summed E-state index contributed by atoms with van der Waals surface area (Å²) in [5, 5.41) is -1.28. The number of hydrogen-bond donors (Lipinski definition) is 0. The van der Waals surface area contributed by atoms with Crippen molar-refractivity contribution in [2.45, 2.75) is 6.18 Å². The molecule has 12 heavy (non-hydrogen) atoms. The van der Waals surface area contributed by atoms with Crippen molar-refractivity contribution in [3.8, 4) is 0 Å². The molecule has 0 aliphatic heterocycles. The fourth-order valence-electron chi connectivity index (χ4n) is 0.0337. The smallest absolute Gasteiger partial charge is 0.247 e. The van der Waals surface area contributed by atoms with Gasteiger partial charge in [-0.15, -0.1) is 0 Å². The maximum absolute atomic E-state index is 10.9. The van der Waals surface area contributed by atoms with Crippen LogP contribution in [0, 0.1) is 0 Å². The fraction of sp³-hybridized carbons (Fsp3) is 0.333. The van der Waals surface area contributed by atoms with Crippen LogP contribution in [-0.2, 0) is 0 Å². The molecule has 0 aromatic rings. The summed E-state index contributed by atoms with van der Waals surface area (Å²) in [5.74, 6) is 0. The second-order valence-electron chi connectivity index (χ2n) is 1.42. The lowest BCUT2D eigenvalue weighted by atomic mass is 10.6. The lowest BCUT2D eigenvalue weighted by Crippen LogP contribution is -2.04. The van der Waals surface area contributed by atoms with E-state index in [1.807, 2.05) is 0 Å². The highest BCUT2D eigenvalue weighted by atomic mass is 35.5. The van der Waals surface area contributed by atoms with Gasteiger partial charge in [0.25, 0.3) is 0 Å². The summed E-state index contributed by atoms with van der Waals surface area (Å²) >= 11 is 9.32. The second-order valence-corrected chi connectivity index (χ2v) is 2.13. The van der Waals surface area contributed by atoms with Gasteiger partial charge in [-0.1, -0.05) is 29.8 Å². The molecule has 6 heteroatoms. The van der Waals surface area contributed by atoms with Gasteiger partial charge in [-0.2, -0.15) is 13.2 Å². The Morgan fingerprint density at radius 1 is 1.42 bits per heavy atom. The molecule has 0 saturated heterocycles. The summed E-state index contributed by atoms with van der Waals surface area (Å²) in [7, 11) is 0. The van der Waals surface area contributed by atoms with Gasteiger partial charge in [0.2, 0.25) is 0 Å². The van der Waals surface area contributed by atoms with Crippen molar-refractivity contribution in [2.24, 2.45) is 0 Å². The summed E-state index contributed by atoms with van der Waals surface area (Å²) in [6.07, 6.45) is -3.21. The predicted octanol–water partition coefficient (Wildman–Crippen LogP) is 4.01. The van der Waals surface area contributed by atoms with E-state index in [2.05, 4.69) is 18.2 Å². The van der Waals surface area contributed by atoms with Gasteiger partial charge in [-0.05, 0) is 6.08 Å². The Balaban J connectivity index is 0. The van der Waals surface area contributed by atoms with Crippen molar-refractivity contribution in [1.82, 2.24) is 0 Å². The van der Waals surface area contributed by atoms with Crippen LogP contribution >= 0.6 is 23.2 Å². The number of allylic oxidation sites excluding steroid dienone is 2. The average molecular weight is 225 g/mol. The van der Waals surface area contributed by atoms with Crippen LogP contribution < -0.4 is 0 Å². The Morgan fingerprint density at radius 3 is 1.75 bits per heavy atom. The molecule has 0 rings (SSSR count). The minimum atomic E-state index is -4.43. The van der Waals surface area contributed by atoms with E-state index in [0.717, 1.165) is 5.54 Å². The summed E-state index contributed by atoms with van der Waals surface area (Å²) in [6, 6.07) is 0. The molecule has 72 valence electrons. The van der Waals surface area contributed by atoms with Gasteiger partial charge in [0, 0.05) is 5.54 Å². The highest BCUT2D eigenvalue weighted by Gasteiger charge is 2.30. The molecule has 0 aliphatic rings. The summed E-state index contributed by atoms with van der Waals surface area (Å²) in [6.45, 7) is 2.00. The fourth-order valence-corrected chi connectivity index (χ4v) is 0.101. The first kappa shape index (κ1) is 14.3. The van der Waals surface area contributed by atoms with E-state index in [9.17, 15) is 17.6 Å². The highest BCUT2D eigenvalue weighted by Crippen LogP contribution is 2.26. The molecule has 0 spiro atoms. The number of hydrogen-bond acceptors (Lipinski definition) is 0. The molecule has 0 amide bonds. The molecule has 0 fully saturated rings. The van der Waals surface area contributed by atoms with E-state index in [-0.39, 0.29) is 0 Å². The normalized spacial score (nSPS) is 10.8. The van der Waals surface area contributed by atoms with E-state index < -0.39 is 17.9 Å². The van der Waals surface area contributed by atoms with Crippen LogP contribution in [0.25, 0.3) is 0 Å². The van der Waals surface area contributed by atoms with E-state index in [1.165, 1.54) is 6.08 Å². The largest absolute Gasteiger partial charge is 0.426 e. The van der Waals surface area contributed by atoms with Gasteiger partial charge in [0.1, 0.15) is 11.7 Å². The molecule has 0 aromatic heterocycles. The van der Waals surface area contributed by atoms with Gasteiger partial charge in [0.15, 0.2) is 0 Å². The third-order valence-electron chi connectivity index (χ3n) is 0.486. The Kier molecular flexibility index (Phi) is 8.86. The van der Waals surface area contributed by atoms with Gasteiger partial charge in [0.05, 0.1) is 0 Å². The Morgan fingerprint density at radius 2 is 1.75 bits per heavy atom. The van der Waals surface area contributed by atoms with Crippen molar-refractivity contribution in [1.29, 1.82) is 0 Å². The van der Waals surface area contributed by atoms with Crippen LogP contribution in [0.3, 0.4) is 0 Å². The van der Waals surface area contributed by atoms with Crippen LogP contribution in [0.4, 0.5) is 17.6 Å². The van der Waals surface area contributed by atoms with Crippen LogP contribution in [0.2, 0.25) is 0 Å². The molecule has 0 nitrogen and oxygen atoms in total. The molecule has 0 unspecified atom stereocenters. The topological polar surface area (TPSA) is 0 Å².